The molecule has 0 bridgehead atoms. The molecule has 0 saturated heterocycles. The quantitative estimate of drug-likeness (QED) is 0.788. The minimum Gasteiger partial charge on any atom is -0.323 e. The van der Waals surface area contributed by atoms with Gasteiger partial charge in [-0.25, -0.2) is 14.8 Å². The van der Waals surface area contributed by atoms with Crippen LogP contribution in [0.25, 0.3) is 0 Å². The topological polar surface area (TPSA) is 63.9 Å². The average Bonchev–Trinajstić information content (AvgIpc) is 3.06. The number of rotatable bonds is 5. The van der Waals surface area contributed by atoms with E-state index in [1.165, 1.54) is 34.1 Å². The molecule has 0 aliphatic rings. The molecular formula is C11H14ClN5OS2. The van der Waals surface area contributed by atoms with E-state index in [1.54, 1.807) is 11.1 Å². The minimum absolute atomic E-state index is 0.157. The molecule has 0 aliphatic heterocycles. The van der Waals surface area contributed by atoms with Crippen LogP contribution >= 0.6 is 34.7 Å². The van der Waals surface area contributed by atoms with E-state index in [9.17, 15) is 4.79 Å². The fourth-order valence-electron chi connectivity index (χ4n) is 1.53. The van der Waals surface area contributed by atoms with Crippen molar-refractivity contribution >= 4 is 40.7 Å². The van der Waals surface area contributed by atoms with Gasteiger partial charge < -0.3 is 4.90 Å². The number of carbonyl (C=O) groups is 1. The Hall–Kier alpha value is -1.12. The Labute approximate surface area is 130 Å². The van der Waals surface area contributed by atoms with Crippen LogP contribution in [0.3, 0.4) is 0 Å². The summed E-state index contributed by atoms with van der Waals surface area (Å²) in [5.74, 6) is 0.688. The van der Waals surface area contributed by atoms with Crippen molar-refractivity contribution in [2.45, 2.75) is 24.8 Å². The summed E-state index contributed by atoms with van der Waals surface area (Å²) >= 11 is 8.65. The third-order valence-corrected chi connectivity index (χ3v) is 4.77. The van der Waals surface area contributed by atoms with Crippen LogP contribution in [-0.2, 0) is 5.75 Å². The molecule has 20 heavy (non-hydrogen) atoms. The van der Waals surface area contributed by atoms with Crippen LogP contribution in [0.4, 0.5) is 4.79 Å². The Balaban J connectivity index is 1.96. The number of aromatic nitrogens is 4. The molecule has 0 aromatic carbocycles. The van der Waals surface area contributed by atoms with E-state index < -0.39 is 0 Å². The first-order chi connectivity index (χ1) is 9.63. The van der Waals surface area contributed by atoms with Crippen molar-refractivity contribution in [2.75, 3.05) is 13.1 Å². The SMILES string of the molecule is CCN(CC)C(=O)n1cnc(SCc2cnc(Cl)s2)n1. The van der Waals surface area contributed by atoms with Gasteiger partial charge in [0, 0.05) is 29.9 Å². The zero-order valence-corrected chi connectivity index (χ0v) is 13.5. The summed E-state index contributed by atoms with van der Waals surface area (Å²) in [7, 11) is 0. The molecule has 0 saturated carbocycles. The van der Waals surface area contributed by atoms with Crippen molar-refractivity contribution in [3.8, 4) is 0 Å². The second kappa shape index (κ2) is 7.05. The summed E-state index contributed by atoms with van der Waals surface area (Å²) < 4.78 is 1.80. The van der Waals surface area contributed by atoms with Crippen molar-refractivity contribution in [3.05, 3.63) is 21.9 Å². The van der Waals surface area contributed by atoms with E-state index in [1.807, 2.05) is 13.8 Å². The summed E-state index contributed by atoms with van der Waals surface area (Å²) in [5.41, 5.74) is 0. The Kier molecular flexibility index (Phi) is 5.38. The molecule has 9 heteroatoms. The molecule has 0 atom stereocenters. The lowest BCUT2D eigenvalue weighted by atomic mass is 10.5. The highest BCUT2D eigenvalue weighted by atomic mass is 35.5. The predicted molar refractivity (Wildman–Crippen MR) is 80.4 cm³/mol. The molecule has 2 rings (SSSR count). The Bertz CT molecular complexity index is 581. The third kappa shape index (κ3) is 3.71. The van der Waals surface area contributed by atoms with Crippen molar-refractivity contribution < 1.29 is 4.79 Å². The average molecular weight is 332 g/mol. The summed E-state index contributed by atoms with van der Waals surface area (Å²) in [6.45, 7) is 5.16. The second-order valence-corrected chi connectivity index (χ2v) is 6.43. The third-order valence-electron chi connectivity index (χ3n) is 2.57. The van der Waals surface area contributed by atoms with E-state index in [-0.39, 0.29) is 6.03 Å². The standard InChI is InChI=1S/C11H14ClN5OS2/c1-3-16(4-2)11(18)17-7-14-10(15-17)19-6-8-5-13-9(12)20-8/h5,7H,3-4,6H2,1-2H3. The first-order valence-corrected chi connectivity index (χ1v) is 8.26. The van der Waals surface area contributed by atoms with Crippen LogP contribution in [0.5, 0.6) is 0 Å². The van der Waals surface area contributed by atoms with Crippen molar-refractivity contribution in [3.63, 3.8) is 0 Å². The summed E-state index contributed by atoms with van der Waals surface area (Å²) in [6.07, 6.45) is 3.18. The van der Waals surface area contributed by atoms with Gasteiger partial charge in [0.25, 0.3) is 0 Å². The monoisotopic (exact) mass is 331 g/mol. The lowest BCUT2D eigenvalue weighted by Crippen LogP contribution is -2.34. The molecule has 0 aliphatic carbocycles. The van der Waals surface area contributed by atoms with Gasteiger partial charge in [0.15, 0.2) is 4.47 Å². The van der Waals surface area contributed by atoms with E-state index in [4.69, 9.17) is 11.6 Å². The maximum absolute atomic E-state index is 12.0. The van der Waals surface area contributed by atoms with E-state index in [2.05, 4.69) is 15.1 Å². The van der Waals surface area contributed by atoms with Crippen molar-refractivity contribution in [1.82, 2.24) is 24.6 Å². The normalized spacial score (nSPS) is 10.8. The highest BCUT2D eigenvalue weighted by molar-refractivity contribution is 7.98. The van der Waals surface area contributed by atoms with Crippen LogP contribution < -0.4 is 0 Å². The predicted octanol–water partition coefficient (Wildman–Crippen LogP) is 2.99. The highest BCUT2D eigenvalue weighted by Gasteiger charge is 2.14. The number of nitrogens with zero attached hydrogens (tertiary/aromatic N) is 5. The number of halogens is 1. The van der Waals surface area contributed by atoms with Crippen molar-refractivity contribution in [1.29, 1.82) is 0 Å². The van der Waals surface area contributed by atoms with Crippen LogP contribution in [0, 0.1) is 0 Å². The smallest absolute Gasteiger partial charge is 0.323 e. The van der Waals surface area contributed by atoms with Gasteiger partial charge in [-0.2, -0.15) is 4.68 Å². The minimum atomic E-state index is -0.157. The molecule has 1 amide bonds. The molecule has 0 N–H and O–H groups in total. The van der Waals surface area contributed by atoms with Gasteiger partial charge in [0.2, 0.25) is 5.16 Å². The number of carbonyl (C=O) groups excluding carboxylic acids is 1. The lowest BCUT2D eigenvalue weighted by Gasteiger charge is -2.17. The molecule has 6 nitrogen and oxygen atoms in total. The van der Waals surface area contributed by atoms with Gasteiger partial charge in [-0.05, 0) is 13.8 Å². The molecule has 0 fully saturated rings. The van der Waals surface area contributed by atoms with Crippen LogP contribution in [0.15, 0.2) is 17.7 Å². The first-order valence-electron chi connectivity index (χ1n) is 6.08. The largest absolute Gasteiger partial charge is 0.346 e. The number of thioether (sulfide) groups is 1. The van der Waals surface area contributed by atoms with Gasteiger partial charge in [0.05, 0.1) is 0 Å². The summed E-state index contributed by atoms with van der Waals surface area (Å²) in [6, 6.07) is -0.157. The molecule has 0 radical (unpaired) electrons. The van der Waals surface area contributed by atoms with Crippen molar-refractivity contribution in [2.24, 2.45) is 0 Å². The molecule has 2 aromatic rings. The van der Waals surface area contributed by atoms with E-state index in [0.29, 0.717) is 28.5 Å². The molecule has 0 spiro atoms. The maximum Gasteiger partial charge on any atom is 0.346 e. The van der Waals surface area contributed by atoms with Gasteiger partial charge >= 0.3 is 6.03 Å². The molecule has 0 unspecified atom stereocenters. The summed E-state index contributed by atoms with van der Waals surface area (Å²) in [5, 5.41) is 4.74. The lowest BCUT2D eigenvalue weighted by molar-refractivity contribution is 0.201. The highest BCUT2D eigenvalue weighted by Crippen LogP contribution is 2.25. The fraction of sp³-hybridized carbons (Fsp3) is 0.455. The number of hydrogen-bond donors (Lipinski definition) is 0. The van der Waals surface area contributed by atoms with Crippen LogP contribution in [0.1, 0.15) is 18.7 Å². The Morgan fingerprint density at radius 1 is 1.45 bits per heavy atom. The number of thiazole rings is 1. The first kappa shape index (κ1) is 15.3. The fourth-order valence-corrected chi connectivity index (χ4v) is 3.33. The van der Waals surface area contributed by atoms with E-state index >= 15 is 0 Å². The van der Waals surface area contributed by atoms with Gasteiger partial charge in [-0.1, -0.05) is 23.4 Å². The van der Waals surface area contributed by atoms with Gasteiger partial charge in [0.1, 0.15) is 6.33 Å². The molecule has 2 heterocycles. The molecule has 2 aromatic heterocycles. The summed E-state index contributed by atoms with van der Waals surface area (Å²) in [4.78, 5) is 22.9. The van der Waals surface area contributed by atoms with Gasteiger partial charge in [-0.15, -0.1) is 16.4 Å². The molecular weight excluding hydrogens is 318 g/mol. The zero-order chi connectivity index (χ0) is 14.5. The number of amides is 1. The van der Waals surface area contributed by atoms with E-state index in [0.717, 1.165) is 4.88 Å². The van der Waals surface area contributed by atoms with Gasteiger partial charge in [-0.3, -0.25) is 0 Å². The maximum atomic E-state index is 12.0. The Morgan fingerprint density at radius 3 is 2.80 bits per heavy atom. The second-order valence-electron chi connectivity index (χ2n) is 3.79. The Morgan fingerprint density at radius 2 is 2.20 bits per heavy atom. The molecule has 108 valence electrons. The zero-order valence-electron chi connectivity index (χ0n) is 11.1. The van der Waals surface area contributed by atoms with Crippen LogP contribution in [0.2, 0.25) is 4.47 Å². The number of hydrogen-bond acceptors (Lipinski definition) is 6. The van der Waals surface area contributed by atoms with Crippen LogP contribution in [-0.4, -0.2) is 43.8 Å².